The van der Waals surface area contributed by atoms with Gasteiger partial charge in [0.25, 0.3) is 5.56 Å². The number of benzene rings is 2. The molecule has 3 rings (SSSR count). The highest BCUT2D eigenvalue weighted by Crippen LogP contribution is 2.26. The lowest BCUT2D eigenvalue weighted by Crippen LogP contribution is -2.35. The maximum absolute atomic E-state index is 13.1. The number of hydrogen-bond acceptors (Lipinski definition) is 4. The first-order valence-corrected chi connectivity index (χ1v) is 8.26. The lowest BCUT2D eigenvalue weighted by Gasteiger charge is -2.17. The van der Waals surface area contributed by atoms with E-state index in [1.165, 1.54) is 18.2 Å². The molecule has 1 atom stereocenters. The highest BCUT2D eigenvalue weighted by Gasteiger charge is 2.37. The third-order valence-electron chi connectivity index (χ3n) is 3.77. The van der Waals surface area contributed by atoms with Crippen molar-refractivity contribution in [2.24, 2.45) is 0 Å². The van der Waals surface area contributed by atoms with Gasteiger partial charge in [-0.25, -0.2) is 4.98 Å². The minimum atomic E-state index is -4.90. The minimum Gasteiger partial charge on any atom is -0.491 e. The maximum Gasteiger partial charge on any atom is 0.438 e. The number of nitrogens with zero attached hydrogens (tertiary/aromatic N) is 2. The summed E-state index contributed by atoms with van der Waals surface area (Å²) in [6, 6.07) is 12.3. The number of para-hydroxylation sites is 2. The van der Waals surface area contributed by atoms with Crippen LogP contribution in [0.25, 0.3) is 11.0 Å². The molecule has 0 saturated heterocycles. The third kappa shape index (κ3) is 4.40. The topological polar surface area (TPSA) is 64.4 Å². The van der Waals surface area contributed by atoms with E-state index in [1.54, 1.807) is 30.3 Å². The van der Waals surface area contributed by atoms with Gasteiger partial charge < -0.3 is 14.4 Å². The molecule has 0 bridgehead atoms. The molecule has 1 aromatic heterocycles. The van der Waals surface area contributed by atoms with E-state index >= 15 is 0 Å². The summed E-state index contributed by atoms with van der Waals surface area (Å²) in [7, 11) is 0. The summed E-state index contributed by atoms with van der Waals surface area (Å²) < 4.78 is 45.6. The number of ether oxygens (including phenoxy) is 1. The van der Waals surface area contributed by atoms with Crippen molar-refractivity contribution in [3.63, 3.8) is 0 Å². The van der Waals surface area contributed by atoms with E-state index < -0.39 is 23.5 Å². The molecule has 5 nitrogen and oxygen atoms in total. The second-order valence-corrected chi connectivity index (χ2v) is 6.22. The Bertz CT molecular complexity index is 1000. The summed E-state index contributed by atoms with van der Waals surface area (Å²) in [4.78, 5) is 15.7. The zero-order valence-corrected chi connectivity index (χ0v) is 14.5. The second kappa shape index (κ2) is 7.58. The van der Waals surface area contributed by atoms with E-state index in [1.807, 2.05) is 0 Å². The molecule has 0 aliphatic carbocycles. The van der Waals surface area contributed by atoms with Gasteiger partial charge in [0.15, 0.2) is 0 Å². The Morgan fingerprint density at radius 1 is 1.15 bits per heavy atom. The first kappa shape index (κ1) is 19.2. The smallest absolute Gasteiger partial charge is 0.438 e. The van der Waals surface area contributed by atoms with Gasteiger partial charge in [-0.1, -0.05) is 23.7 Å². The molecule has 0 fully saturated rings. The van der Waals surface area contributed by atoms with Gasteiger partial charge in [-0.05, 0) is 36.4 Å². The SMILES string of the molecule is O=c1c(C(F)(F)F)nc2ccccc2n1CC(O)COc1ccc(Cl)cc1. The first-order valence-electron chi connectivity index (χ1n) is 7.89. The van der Waals surface area contributed by atoms with Crippen LogP contribution in [0, 0.1) is 0 Å². The number of fused-ring (bicyclic) bond motifs is 1. The molecular formula is C18H14ClF3N2O3. The van der Waals surface area contributed by atoms with Gasteiger partial charge in [-0.15, -0.1) is 0 Å². The van der Waals surface area contributed by atoms with Crippen molar-refractivity contribution in [3.8, 4) is 5.75 Å². The molecule has 27 heavy (non-hydrogen) atoms. The summed E-state index contributed by atoms with van der Waals surface area (Å²) in [5.74, 6) is 0.432. The lowest BCUT2D eigenvalue weighted by molar-refractivity contribution is -0.142. The van der Waals surface area contributed by atoms with Crippen LogP contribution in [0.2, 0.25) is 5.02 Å². The average molecular weight is 399 g/mol. The van der Waals surface area contributed by atoms with Crippen molar-refractivity contribution in [3.05, 3.63) is 69.6 Å². The fourth-order valence-corrected chi connectivity index (χ4v) is 2.67. The normalized spacial score (nSPS) is 12.9. The van der Waals surface area contributed by atoms with Crippen molar-refractivity contribution < 1.29 is 23.0 Å². The predicted octanol–water partition coefficient (Wildman–Crippen LogP) is 3.51. The number of aliphatic hydroxyl groups excluding tert-OH is 1. The Morgan fingerprint density at radius 3 is 2.48 bits per heavy atom. The average Bonchev–Trinajstić information content (AvgIpc) is 2.62. The molecule has 3 aromatic rings. The Labute approximate surface area is 156 Å². The Balaban J connectivity index is 1.87. The number of hydrogen-bond donors (Lipinski definition) is 1. The lowest BCUT2D eigenvalue weighted by atomic mass is 10.2. The summed E-state index contributed by atoms with van der Waals surface area (Å²) in [5.41, 5.74) is -2.63. The Morgan fingerprint density at radius 2 is 1.81 bits per heavy atom. The number of aromatic nitrogens is 2. The molecule has 9 heteroatoms. The molecule has 1 N–H and O–H groups in total. The van der Waals surface area contributed by atoms with Gasteiger partial charge in [0.05, 0.1) is 17.6 Å². The van der Waals surface area contributed by atoms with Crippen LogP contribution in [0.3, 0.4) is 0 Å². The van der Waals surface area contributed by atoms with Gasteiger partial charge in [-0.3, -0.25) is 4.79 Å². The van der Waals surface area contributed by atoms with E-state index in [-0.39, 0.29) is 24.2 Å². The molecule has 1 unspecified atom stereocenters. The van der Waals surface area contributed by atoms with Crippen LogP contribution >= 0.6 is 11.6 Å². The van der Waals surface area contributed by atoms with Crippen LogP contribution in [0.5, 0.6) is 5.75 Å². The van der Waals surface area contributed by atoms with E-state index in [4.69, 9.17) is 16.3 Å². The van der Waals surface area contributed by atoms with Crippen molar-refractivity contribution >= 4 is 22.6 Å². The van der Waals surface area contributed by atoms with E-state index in [2.05, 4.69) is 4.98 Å². The van der Waals surface area contributed by atoms with Crippen LogP contribution in [0.15, 0.2) is 53.3 Å². The van der Waals surface area contributed by atoms with E-state index in [0.29, 0.717) is 10.8 Å². The van der Waals surface area contributed by atoms with Gasteiger partial charge in [-0.2, -0.15) is 13.2 Å². The zero-order chi connectivity index (χ0) is 19.6. The fourth-order valence-electron chi connectivity index (χ4n) is 2.55. The third-order valence-corrected chi connectivity index (χ3v) is 4.02. The van der Waals surface area contributed by atoms with Crippen LogP contribution in [0.1, 0.15) is 5.69 Å². The minimum absolute atomic E-state index is 0.00949. The number of aliphatic hydroxyl groups is 1. The summed E-state index contributed by atoms with van der Waals surface area (Å²) in [6.45, 7) is -0.593. The van der Waals surface area contributed by atoms with Crippen LogP contribution < -0.4 is 10.3 Å². The first-order chi connectivity index (χ1) is 12.8. The maximum atomic E-state index is 13.1. The standard InChI is InChI=1S/C18H14ClF3N2O3/c19-11-5-7-13(8-6-11)27-10-12(25)9-24-15-4-2-1-3-14(15)23-16(17(24)26)18(20,21)22/h1-8,12,25H,9-10H2. The van der Waals surface area contributed by atoms with Gasteiger partial charge >= 0.3 is 6.18 Å². The van der Waals surface area contributed by atoms with Crippen LogP contribution in [-0.2, 0) is 12.7 Å². The number of halogens is 4. The molecule has 0 aliphatic rings. The summed E-state index contributed by atoms with van der Waals surface area (Å²) in [6.07, 6.45) is -6.11. The van der Waals surface area contributed by atoms with Gasteiger partial charge in [0.1, 0.15) is 18.5 Å². The van der Waals surface area contributed by atoms with Crippen molar-refractivity contribution in [2.45, 2.75) is 18.8 Å². The molecule has 142 valence electrons. The highest BCUT2D eigenvalue weighted by molar-refractivity contribution is 6.30. The van der Waals surface area contributed by atoms with Gasteiger partial charge in [0, 0.05) is 5.02 Å². The fraction of sp³-hybridized carbons (Fsp3) is 0.222. The number of alkyl halides is 3. The zero-order valence-electron chi connectivity index (χ0n) is 13.8. The molecule has 2 aromatic carbocycles. The highest BCUT2D eigenvalue weighted by atomic mass is 35.5. The molecule has 0 spiro atoms. The number of rotatable bonds is 5. The monoisotopic (exact) mass is 398 g/mol. The second-order valence-electron chi connectivity index (χ2n) is 5.78. The van der Waals surface area contributed by atoms with Gasteiger partial charge in [0.2, 0.25) is 5.69 Å². The molecular weight excluding hydrogens is 385 g/mol. The Hall–Kier alpha value is -2.58. The molecule has 0 aliphatic heterocycles. The Kier molecular flexibility index (Phi) is 5.38. The summed E-state index contributed by atoms with van der Waals surface area (Å²) >= 11 is 5.77. The van der Waals surface area contributed by atoms with Crippen LogP contribution in [-0.4, -0.2) is 27.4 Å². The largest absolute Gasteiger partial charge is 0.491 e. The molecule has 0 amide bonds. The molecule has 0 radical (unpaired) electrons. The van der Waals surface area contributed by atoms with Crippen molar-refractivity contribution in [2.75, 3.05) is 6.61 Å². The molecule has 0 saturated carbocycles. The molecule has 1 heterocycles. The van der Waals surface area contributed by atoms with Crippen molar-refractivity contribution in [1.82, 2.24) is 9.55 Å². The van der Waals surface area contributed by atoms with Crippen LogP contribution in [0.4, 0.5) is 13.2 Å². The van der Waals surface area contributed by atoms with Crippen molar-refractivity contribution in [1.29, 1.82) is 0 Å². The predicted molar refractivity (Wildman–Crippen MR) is 94.0 cm³/mol. The van der Waals surface area contributed by atoms with E-state index in [9.17, 15) is 23.1 Å². The quantitative estimate of drug-likeness (QED) is 0.714. The summed E-state index contributed by atoms with van der Waals surface area (Å²) in [5, 5.41) is 10.7. The van der Waals surface area contributed by atoms with E-state index in [0.717, 1.165) is 4.57 Å².